The summed E-state index contributed by atoms with van der Waals surface area (Å²) in [6, 6.07) is 0. The Bertz CT molecular complexity index is 492. The number of anilines is 1. The largest absolute Gasteiger partial charge is 0.394 e. The molecule has 1 aliphatic carbocycles. The summed E-state index contributed by atoms with van der Waals surface area (Å²) in [6.07, 6.45) is 6.42. The molecule has 0 unspecified atom stereocenters. The summed E-state index contributed by atoms with van der Waals surface area (Å²) < 4.78 is 1.17. The van der Waals surface area contributed by atoms with Crippen LogP contribution < -0.4 is 10.9 Å². The van der Waals surface area contributed by atoms with E-state index in [0.717, 1.165) is 13.0 Å². The third-order valence-corrected chi connectivity index (χ3v) is 4.48. The van der Waals surface area contributed by atoms with E-state index in [1.54, 1.807) is 6.20 Å². The van der Waals surface area contributed by atoms with Crippen molar-refractivity contribution in [2.45, 2.75) is 39.2 Å². The molecule has 2 rings (SSSR count). The van der Waals surface area contributed by atoms with Crippen molar-refractivity contribution >= 4 is 17.3 Å². The molecule has 0 aliphatic heterocycles. The molecule has 1 aromatic heterocycles. The predicted molar refractivity (Wildman–Crippen MR) is 75.7 cm³/mol. The Labute approximate surface area is 117 Å². The van der Waals surface area contributed by atoms with Gasteiger partial charge in [0.05, 0.1) is 25.0 Å². The molecule has 0 spiro atoms. The molecule has 1 aromatic rings. The van der Waals surface area contributed by atoms with E-state index in [1.165, 1.54) is 23.9 Å². The molecule has 0 amide bonds. The number of rotatable bonds is 6. The van der Waals surface area contributed by atoms with Crippen LogP contribution in [0.15, 0.2) is 11.0 Å². The number of nitrogens with zero attached hydrogens (tertiary/aromatic N) is 2. The van der Waals surface area contributed by atoms with Crippen molar-refractivity contribution in [3.8, 4) is 0 Å². The van der Waals surface area contributed by atoms with Gasteiger partial charge in [-0.2, -0.15) is 5.10 Å². The van der Waals surface area contributed by atoms with Gasteiger partial charge in [-0.15, -0.1) is 0 Å². The molecule has 0 atom stereocenters. The first kappa shape index (κ1) is 14.3. The summed E-state index contributed by atoms with van der Waals surface area (Å²) in [5.74, 6) is 0. The normalized spacial score (nSPS) is 17.0. The van der Waals surface area contributed by atoms with E-state index in [9.17, 15) is 4.79 Å². The van der Waals surface area contributed by atoms with E-state index < -0.39 is 0 Å². The molecule has 0 aromatic carbocycles. The van der Waals surface area contributed by atoms with Gasteiger partial charge in [0.1, 0.15) is 5.02 Å². The monoisotopic (exact) mass is 285 g/mol. The van der Waals surface area contributed by atoms with Gasteiger partial charge in [0.2, 0.25) is 0 Å². The van der Waals surface area contributed by atoms with Gasteiger partial charge < -0.3 is 10.4 Å². The molecule has 2 N–H and O–H groups in total. The second-order valence-electron chi connectivity index (χ2n) is 5.18. The van der Waals surface area contributed by atoms with Crippen molar-refractivity contribution in [2.75, 3.05) is 18.5 Å². The maximum Gasteiger partial charge on any atom is 0.287 e. The van der Waals surface area contributed by atoms with Crippen molar-refractivity contribution in [1.29, 1.82) is 0 Å². The summed E-state index contributed by atoms with van der Waals surface area (Å²) >= 11 is 6.05. The zero-order valence-electron chi connectivity index (χ0n) is 11.2. The zero-order chi connectivity index (χ0) is 13.9. The fraction of sp³-hybridized carbons (Fsp3) is 0.692. The van der Waals surface area contributed by atoms with Crippen LogP contribution in [-0.4, -0.2) is 28.0 Å². The lowest BCUT2D eigenvalue weighted by molar-refractivity contribution is 0.145. The third kappa shape index (κ3) is 2.92. The summed E-state index contributed by atoms with van der Waals surface area (Å²) in [7, 11) is 0. The highest BCUT2D eigenvalue weighted by atomic mass is 35.5. The van der Waals surface area contributed by atoms with Crippen LogP contribution in [0.3, 0.4) is 0 Å². The second-order valence-corrected chi connectivity index (χ2v) is 5.56. The molecule has 5 nitrogen and oxygen atoms in total. The molecule has 106 valence electrons. The van der Waals surface area contributed by atoms with Crippen LogP contribution in [0.1, 0.15) is 32.6 Å². The number of nitrogens with one attached hydrogen (secondary N) is 1. The standard InChI is InChI=1S/C13H20ClN3O2/c1-2-13(4-3-5-13)9-15-10-8-16-17(6-7-18)12(19)11(10)14/h8,15,18H,2-7,9H2,1H3. The topological polar surface area (TPSA) is 67.2 Å². The first-order chi connectivity index (χ1) is 9.12. The maximum atomic E-state index is 11.9. The van der Waals surface area contributed by atoms with Gasteiger partial charge in [0, 0.05) is 6.54 Å². The lowest BCUT2D eigenvalue weighted by Crippen LogP contribution is -2.36. The Morgan fingerprint density at radius 3 is 2.84 bits per heavy atom. The number of hydrogen-bond donors (Lipinski definition) is 2. The van der Waals surface area contributed by atoms with Gasteiger partial charge in [0.15, 0.2) is 0 Å². The first-order valence-corrected chi connectivity index (χ1v) is 7.10. The van der Waals surface area contributed by atoms with Crippen molar-refractivity contribution in [1.82, 2.24) is 9.78 Å². The van der Waals surface area contributed by atoms with Crippen molar-refractivity contribution in [3.63, 3.8) is 0 Å². The van der Waals surface area contributed by atoms with Crippen molar-refractivity contribution < 1.29 is 5.11 Å². The number of aliphatic hydroxyl groups excluding tert-OH is 1. The highest BCUT2D eigenvalue weighted by Gasteiger charge is 2.34. The van der Waals surface area contributed by atoms with E-state index in [-0.39, 0.29) is 23.7 Å². The quantitative estimate of drug-likeness (QED) is 0.837. The van der Waals surface area contributed by atoms with Crippen LogP contribution >= 0.6 is 11.6 Å². The smallest absolute Gasteiger partial charge is 0.287 e. The van der Waals surface area contributed by atoms with E-state index in [0.29, 0.717) is 11.1 Å². The number of hydrogen-bond acceptors (Lipinski definition) is 4. The van der Waals surface area contributed by atoms with Crippen molar-refractivity contribution in [3.05, 3.63) is 21.6 Å². The second kappa shape index (κ2) is 5.92. The minimum Gasteiger partial charge on any atom is -0.394 e. The average Bonchev–Trinajstić information content (AvgIpc) is 2.37. The summed E-state index contributed by atoms with van der Waals surface area (Å²) in [5, 5.41) is 16.2. The van der Waals surface area contributed by atoms with E-state index in [2.05, 4.69) is 17.3 Å². The number of aromatic nitrogens is 2. The van der Waals surface area contributed by atoms with Gasteiger partial charge in [-0.3, -0.25) is 4.79 Å². The zero-order valence-corrected chi connectivity index (χ0v) is 11.9. The highest BCUT2D eigenvalue weighted by molar-refractivity contribution is 6.32. The Morgan fingerprint density at radius 2 is 2.32 bits per heavy atom. The van der Waals surface area contributed by atoms with E-state index in [4.69, 9.17) is 16.7 Å². The molecule has 19 heavy (non-hydrogen) atoms. The molecular formula is C13H20ClN3O2. The van der Waals surface area contributed by atoms with Crippen LogP contribution in [0.25, 0.3) is 0 Å². The fourth-order valence-corrected chi connectivity index (χ4v) is 2.67. The molecule has 0 radical (unpaired) electrons. The van der Waals surface area contributed by atoms with Crippen LogP contribution in [0, 0.1) is 5.41 Å². The minimum absolute atomic E-state index is 0.130. The summed E-state index contributed by atoms with van der Waals surface area (Å²) in [5.41, 5.74) is 0.573. The molecule has 0 saturated heterocycles. The maximum absolute atomic E-state index is 11.9. The molecule has 1 fully saturated rings. The molecule has 6 heteroatoms. The lowest BCUT2D eigenvalue weighted by atomic mass is 9.67. The van der Waals surface area contributed by atoms with Crippen LogP contribution in [0.4, 0.5) is 5.69 Å². The molecule has 0 bridgehead atoms. The van der Waals surface area contributed by atoms with Crippen LogP contribution in [0.5, 0.6) is 0 Å². The number of halogens is 1. The Kier molecular flexibility index (Phi) is 4.47. The summed E-state index contributed by atoms with van der Waals surface area (Å²) in [4.78, 5) is 11.9. The minimum atomic E-state index is -0.361. The van der Waals surface area contributed by atoms with Crippen LogP contribution in [-0.2, 0) is 6.54 Å². The highest BCUT2D eigenvalue weighted by Crippen LogP contribution is 2.43. The SMILES string of the molecule is CCC1(CNc2cnn(CCO)c(=O)c2Cl)CCC1. The van der Waals surface area contributed by atoms with E-state index >= 15 is 0 Å². The average molecular weight is 286 g/mol. The first-order valence-electron chi connectivity index (χ1n) is 6.72. The molecule has 1 heterocycles. The van der Waals surface area contributed by atoms with Gasteiger partial charge in [-0.25, -0.2) is 4.68 Å². The third-order valence-electron chi connectivity index (χ3n) is 4.11. The molecule has 1 aliphatic rings. The van der Waals surface area contributed by atoms with Crippen molar-refractivity contribution in [2.24, 2.45) is 5.41 Å². The Balaban J connectivity index is 2.09. The lowest BCUT2D eigenvalue weighted by Gasteiger charge is -2.41. The fourth-order valence-electron chi connectivity index (χ4n) is 2.46. The summed E-state index contributed by atoms with van der Waals surface area (Å²) in [6.45, 7) is 3.06. The van der Waals surface area contributed by atoms with Gasteiger partial charge in [-0.05, 0) is 24.7 Å². The Morgan fingerprint density at radius 1 is 1.58 bits per heavy atom. The van der Waals surface area contributed by atoms with Crippen LogP contribution in [0.2, 0.25) is 5.02 Å². The van der Waals surface area contributed by atoms with Gasteiger partial charge >= 0.3 is 0 Å². The van der Waals surface area contributed by atoms with Gasteiger partial charge in [0.25, 0.3) is 5.56 Å². The van der Waals surface area contributed by atoms with Gasteiger partial charge in [-0.1, -0.05) is 24.9 Å². The molecular weight excluding hydrogens is 266 g/mol. The Hall–Kier alpha value is -1.07. The number of aliphatic hydroxyl groups is 1. The van der Waals surface area contributed by atoms with E-state index in [1.807, 2.05) is 0 Å². The molecule has 1 saturated carbocycles. The predicted octanol–water partition coefficient (Wildman–Crippen LogP) is 1.88.